The fourth-order valence-electron chi connectivity index (χ4n) is 4.48. The number of hydrogen-bond acceptors (Lipinski definition) is 6. The van der Waals surface area contributed by atoms with Gasteiger partial charge in [0.1, 0.15) is 24.1 Å². The van der Waals surface area contributed by atoms with Gasteiger partial charge in [-0.2, -0.15) is 0 Å². The van der Waals surface area contributed by atoms with Crippen LogP contribution in [-0.4, -0.2) is 58.0 Å². The van der Waals surface area contributed by atoms with Crippen molar-refractivity contribution in [1.82, 2.24) is 10.2 Å². The average Bonchev–Trinajstić information content (AvgIpc) is 2.99. The monoisotopic (exact) mass is 595 g/mol. The summed E-state index contributed by atoms with van der Waals surface area (Å²) >= 11 is 0. The lowest BCUT2D eigenvalue weighted by molar-refractivity contribution is -0.140. The van der Waals surface area contributed by atoms with E-state index in [0.29, 0.717) is 31.1 Å². The zero-order chi connectivity index (χ0) is 30.7. The van der Waals surface area contributed by atoms with Crippen LogP contribution in [0.2, 0.25) is 0 Å². The van der Waals surface area contributed by atoms with Crippen molar-refractivity contribution in [2.75, 3.05) is 31.1 Å². The lowest BCUT2D eigenvalue weighted by Crippen LogP contribution is -2.52. The molecule has 9 nitrogen and oxygen atoms in total. The molecule has 42 heavy (non-hydrogen) atoms. The molecule has 0 aliphatic heterocycles. The first-order valence-electron chi connectivity index (χ1n) is 14.1. The first-order chi connectivity index (χ1) is 20.1. The van der Waals surface area contributed by atoms with Crippen LogP contribution in [0, 0.1) is 5.92 Å². The molecule has 0 fully saturated rings. The van der Waals surface area contributed by atoms with Crippen LogP contribution >= 0.6 is 0 Å². The van der Waals surface area contributed by atoms with E-state index in [1.165, 1.54) is 17.0 Å². The fourth-order valence-corrected chi connectivity index (χ4v) is 5.93. The van der Waals surface area contributed by atoms with Gasteiger partial charge in [0, 0.05) is 13.1 Å². The van der Waals surface area contributed by atoms with Crippen molar-refractivity contribution < 1.29 is 27.5 Å². The molecule has 10 heteroatoms. The second-order valence-electron chi connectivity index (χ2n) is 10.2. The van der Waals surface area contributed by atoms with Gasteiger partial charge in [0.05, 0.1) is 24.3 Å². The Bertz CT molecular complexity index is 1430. The van der Waals surface area contributed by atoms with Crippen LogP contribution in [-0.2, 0) is 26.2 Å². The first-order valence-corrected chi connectivity index (χ1v) is 15.6. The maximum atomic E-state index is 14.2. The van der Waals surface area contributed by atoms with E-state index >= 15 is 0 Å². The molecular formula is C32H41N3O6S. The van der Waals surface area contributed by atoms with Gasteiger partial charge in [-0.3, -0.25) is 13.9 Å². The Balaban J connectivity index is 2.09. The van der Waals surface area contributed by atoms with Gasteiger partial charge in [-0.25, -0.2) is 8.42 Å². The second-order valence-corrected chi connectivity index (χ2v) is 12.0. The number of ether oxygens (including phenoxy) is 2. The Hall–Kier alpha value is -4.05. The van der Waals surface area contributed by atoms with Crippen LogP contribution in [0.5, 0.6) is 11.5 Å². The van der Waals surface area contributed by atoms with Gasteiger partial charge in [0.2, 0.25) is 11.8 Å². The van der Waals surface area contributed by atoms with E-state index in [2.05, 4.69) is 5.32 Å². The highest BCUT2D eigenvalue weighted by atomic mass is 32.2. The van der Waals surface area contributed by atoms with Crippen molar-refractivity contribution in [3.8, 4) is 11.5 Å². The van der Waals surface area contributed by atoms with Gasteiger partial charge in [0.25, 0.3) is 10.0 Å². The molecule has 1 N–H and O–H groups in total. The topological polar surface area (TPSA) is 105 Å². The van der Waals surface area contributed by atoms with Gasteiger partial charge in [-0.1, -0.05) is 63.2 Å². The number of carbonyl (C=O) groups excluding carboxylic acids is 2. The number of amides is 2. The molecule has 0 aliphatic rings. The molecule has 0 aromatic heterocycles. The number of nitrogens with zero attached hydrogens (tertiary/aromatic N) is 2. The van der Waals surface area contributed by atoms with Crippen LogP contribution in [0.15, 0.2) is 83.8 Å². The van der Waals surface area contributed by atoms with Gasteiger partial charge < -0.3 is 19.7 Å². The van der Waals surface area contributed by atoms with Crippen molar-refractivity contribution in [1.29, 1.82) is 0 Å². The normalized spacial score (nSPS) is 12.0. The molecule has 226 valence electrons. The molecule has 0 heterocycles. The van der Waals surface area contributed by atoms with Crippen molar-refractivity contribution in [2.24, 2.45) is 5.92 Å². The third-order valence-electron chi connectivity index (χ3n) is 6.60. The van der Waals surface area contributed by atoms with Gasteiger partial charge >= 0.3 is 0 Å². The van der Waals surface area contributed by atoms with Crippen molar-refractivity contribution >= 4 is 27.5 Å². The number of nitrogens with one attached hydrogen (secondary N) is 1. The quantitative estimate of drug-likeness (QED) is 0.269. The summed E-state index contributed by atoms with van der Waals surface area (Å²) in [6.45, 7) is 7.90. The molecule has 0 saturated heterocycles. The maximum Gasteiger partial charge on any atom is 0.264 e. The molecule has 3 aromatic carbocycles. The SMILES string of the molecule is CCOc1ccccc1N(CC(=O)N(Cc1cccc(OC)c1)C(CC)C(=O)NCC(C)C)S(=O)(=O)c1ccccc1. The molecule has 0 saturated carbocycles. The van der Waals surface area contributed by atoms with Crippen LogP contribution in [0.1, 0.15) is 39.7 Å². The van der Waals surface area contributed by atoms with E-state index in [1.807, 2.05) is 26.8 Å². The summed E-state index contributed by atoms with van der Waals surface area (Å²) < 4.78 is 40.3. The van der Waals surface area contributed by atoms with E-state index in [9.17, 15) is 18.0 Å². The molecule has 0 aliphatic carbocycles. The lowest BCUT2D eigenvalue weighted by atomic mass is 10.1. The highest BCUT2D eigenvalue weighted by Crippen LogP contribution is 2.33. The minimum atomic E-state index is -4.20. The third kappa shape index (κ3) is 8.25. The van der Waals surface area contributed by atoms with E-state index in [0.717, 1.165) is 9.87 Å². The summed E-state index contributed by atoms with van der Waals surface area (Å²) in [7, 11) is -2.64. The number of methoxy groups -OCH3 is 1. The molecule has 3 rings (SSSR count). The summed E-state index contributed by atoms with van der Waals surface area (Å²) in [5.41, 5.74) is 0.972. The Labute approximate surface area is 249 Å². The number of carbonyl (C=O) groups is 2. The minimum absolute atomic E-state index is 0.0326. The number of hydrogen-bond donors (Lipinski definition) is 1. The maximum absolute atomic E-state index is 14.2. The molecular weight excluding hydrogens is 554 g/mol. The standard InChI is InChI=1S/C32H41N3O6S/c1-6-28(32(37)33-21-24(3)4)34(22-25-14-13-15-26(20-25)40-5)31(36)23-35(29-18-11-12-19-30(29)41-7-2)42(38,39)27-16-9-8-10-17-27/h8-20,24,28H,6-7,21-23H2,1-5H3,(H,33,37). The predicted octanol–water partition coefficient (Wildman–Crippen LogP) is 4.87. The van der Waals surface area contributed by atoms with Gasteiger partial charge in [-0.05, 0) is 61.2 Å². The largest absolute Gasteiger partial charge is 0.497 e. The third-order valence-corrected chi connectivity index (χ3v) is 8.38. The molecule has 0 spiro atoms. The zero-order valence-corrected chi connectivity index (χ0v) is 25.8. The molecule has 1 atom stereocenters. The highest BCUT2D eigenvalue weighted by Gasteiger charge is 2.34. The molecule has 0 bridgehead atoms. The number of para-hydroxylation sites is 2. The first kappa shape index (κ1) is 32.5. The molecule has 0 radical (unpaired) electrons. The molecule has 1 unspecified atom stereocenters. The van der Waals surface area contributed by atoms with Gasteiger partial charge in [-0.15, -0.1) is 0 Å². The van der Waals surface area contributed by atoms with Gasteiger partial charge in [0.15, 0.2) is 0 Å². The minimum Gasteiger partial charge on any atom is -0.497 e. The van der Waals surface area contributed by atoms with Crippen molar-refractivity contribution in [2.45, 2.75) is 51.6 Å². The molecule has 3 aromatic rings. The Kier molecular flexibility index (Phi) is 11.8. The Morgan fingerprint density at radius 2 is 1.62 bits per heavy atom. The fraction of sp³-hybridized carbons (Fsp3) is 0.375. The highest BCUT2D eigenvalue weighted by molar-refractivity contribution is 7.92. The molecule has 2 amide bonds. The van der Waals surface area contributed by atoms with Crippen LogP contribution in [0.25, 0.3) is 0 Å². The predicted molar refractivity (Wildman–Crippen MR) is 164 cm³/mol. The zero-order valence-electron chi connectivity index (χ0n) is 24.9. The lowest BCUT2D eigenvalue weighted by Gasteiger charge is -2.33. The van der Waals surface area contributed by atoms with Crippen LogP contribution in [0.4, 0.5) is 5.69 Å². The van der Waals surface area contributed by atoms with Crippen molar-refractivity contribution in [3.63, 3.8) is 0 Å². The Morgan fingerprint density at radius 1 is 0.929 bits per heavy atom. The summed E-state index contributed by atoms with van der Waals surface area (Å²) in [5, 5.41) is 2.93. The summed E-state index contributed by atoms with van der Waals surface area (Å²) in [5.74, 6) is 0.324. The van der Waals surface area contributed by atoms with Crippen molar-refractivity contribution in [3.05, 3.63) is 84.4 Å². The number of benzene rings is 3. The smallest absolute Gasteiger partial charge is 0.264 e. The second kappa shape index (κ2) is 15.3. The number of sulfonamides is 1. The van der Waals surface area contributed by atoms with E-state index in [-0.39, 0.29) is 29.0 Å². The summed E-state index contributed by atoms with van der Waals surface area (Å²) in [6.07, 6.45) is 0.334. The summed E-state index contributed by atoms with van der Waals surface area (Å²) in [4.78, 5) is 29.1. The van der Waals surface area contributed by atoms with E-state index in [1.54, 1.807) is 74.7 Å². The van der Waals surface area contributed by atoms with E-state index in [4.69, 9.17) is 9.47 Å². The van der Waals surface area contributed by atoms with Crippen LogP contribution < -0.4 is 19.1 Å². The van der Waals surface area contributed by atoms with E-state index < -0.39 is 28.5 Å². The van der Waals surface area contributed by atoms with Crippen LogP contribution in [0.3, 0.4) is 0 Å². The number of rotatable bonds is 15. The summed E-state index contributed by atoms with van der Waals surface area (Å²) in [6, 6.07) is 21.1. The number of anilines is 1. The average molecular weight is 596 g/mol. The Morgan fingerprint density at radius 3 is 2.26 bits per heavy atom.